The van der Waals surface area contributed by atoms with Crippen LogP contribution < -0.4 is 25.2 Å². The van der Waals surface area contributed by atoms with Gasteiger partial charge in [-0.25, -0.2) is 22.4 Å². The molecule has 1 spiro atoms. The van der Waals surface area contributed by atoms with E-state index in [2.05, 4.69) is 15.5 Å². The molecule has 272 valence electrons. The summed E-state index contributed by atoms with van der Waals surface area (Å²) in [4.78, 5) is 42.8. The Hall–Kier alpha value is -4.81. The second kappa shape index (κ2) is 14.1. The second-order valence-corrected chi connectivity index (χ2v) is 14.5. The number of carbonyl (C=O) groups is 3. The molecule has 3 aromatic rings. The lowest BCUT2D eigenvalue weighted by Gasteiger charge is -2.42. The number of hydrogen-bond donors (Lipinski definition) is 2. The molecular weight excluding hydrogens is 668 g/mol. The minimum Gasteiger partial charge on any atom is -0.489 e. The molecule has 13 heteroatoms. The fourth-order valence-electron chi connectivity index (χ4n) is 7.62. The van der Waals surface area contributed by atoms with Crippen LogP contribution in [0.25, 0.3) is 0 Å². The van der Waals surface area contributed by atoms with Gasteiger partial charge in [-0.2, -0.15) is 0 Å². The molecule has 0 saturated carbocycles. The Labute approximate surface area is 294 Å². The van der Waals surface area contributed by atoms with Gasteiger partial charge < -0.3 is 25.0 Å². The number of carbonyl (C=O) groups excluding carboxylic acids is 3. The Balaban J connectivity index is 1.14. The molecule has 1 saturated heterocycles. The zero-order valence-electron chi connectivity index (χ0n) is 29.1. The van der Waals surface area contributed by atoms with Gasteiger partial charge in [-0.15, -0.1) is 0 Å². The van der Waals surface area contributed by atoms with Crippen molar-refractivity contribution < 1.29 is 41.4 Å². The first-order valence-corrected chi connectivity index (χ1v) is 17.1. The molecule has 1 aliphatic carbocycles. The van der Waals surface area contributed by atoms with Crippen LogP contribution in [0, 0.1) is 23.3 Å². The van der Waals surface area contributed by atoms with E-state index in [9.17, 15) is 31.9 Å². The van der Waals surface area contributed by atoms with Gasteiger partial charge in [0.15, 0.2) is 17.5 Å². The number of likely N-dealkylation sites (N-methyl/N-ethyl adjacent to an activating group) is 1. The van der Waals surface area contributed by atoms with Crippen molar-refractivity contribution in [2.24, 2.45) is 0 Å². The zero-order valence-corrected chi connectivity index (χ0v) is 29.1. The number of benzene rings is 3. The highest BCUT2D eigenvalue weighted by Gasteiger charge is 2.46. The number of amides is 3. The van der Waals surface area contributed by atoms with Gasteiger partial charge in [-0.05, 0) is 104 Å². The fraction of sp³-hybridized carbons (Fsp3) is 0.447. The van der Waals surface area contributed by atoms with Crippen LogP contribution in [0.2, 0.25) is 0 Å². The number of anilines is 2. The minimum atomic E-state index is -1.61. The zero-order chi connectivity index (χ0) is 36.7. The van der Waals surface area contributed by atoms with Gasteiger partial charge in [0.25, 0.3) is 0 Å². The number of hydrogen-bond acceptors (Lipinski definition) is 6. The number of rotatable bonds is 7. The van der Waals surface area contributed by atoms with Crippen LogP contribution in [0.4, 0.5) is 33.7 Å². The van der Waals surface area contributed by atoms with Gasteiger partial charge in [-0.3, -0.25) is 14.5 Å². The van der Waals surface area contributed by atoms with Crippen LogP contribution in [-0.2, 0) is 26.2 Å². The smallest absolute Gasteiger partial charge is 0.415 e. The Bertz CT molecular complexity index is 1820. The number of fused-ring (bicyclic) bond motifs is 3. The number of nitrogens with one attached hydrogen (secondary N) is 2. The molecule has 2 heterocycles. The van der Waals surface area contributed by atoms with Crippen LogP contribution in [0.15, 0.2) is 48.5 Å². The van der Waals surface area contributed by atoms with Crippen LogP contribution in [-0.4, -0.2) is 62.8 Å². The van der Waals surface area contributed by atoms with E-state index in [4.69, 9.17) is 9.47 Å². The van der Waals surface area contributed by atoms with Crippen molar-refractivity contribution >= 4 is 29.3 Å². The van der Waals surface area contributed by atoms with Gasteiger partial charge >= 0.3 is 6.09 Å². The van der Waals surface area contributed by atoms with Gasteiger partial charge in [0.05, 0.1) is 12.2 Å². The molecule has 3 amide bonds. The number of halogens is 4. The molecule has 3 aromatic carbocycles. The van der Waals surface area contributed by atoms with Crippen LogP contribution in [0.1, 0.15) is 69.1 Å². The van der Waals surface area contributed by atoms with E-state index < -0.39 is 47.0 Å². The van der Waals surface area contributed by atoms with E-state index >= 15 is 0 Å². The number of ether oxygens (including phenoxy) is 2. The summed E-state index contributed by atoms with van der Waals surface area (Å²) in [6.07, 6.45) is 1.33. The van der Waals surface area contributed by atoms with E-state index in [-0.39, 0.29) is 35.6 Å². The summed E-state index contributed by atoms with van der Waals surface area (Å²) in [5, 5.41) is 5.14. The summed E-state index contributed by atoms with van der Waals surface area (Å²) in [6, 6.07) is 10.9. The standard InChI is InChI=1S/C38H42F4N4O5/c1-37(2,3)51-36(49)46-13-14-50-32-20-25(6-8-31(32)46)45-11-9-38(10-12-45)21-23(26-7-5-24(39)19-27(26)38)18-33(47)44-30(35(48)43-4)17-22-15-28(40)34(42)29(41)16-22/h5-8,15-16,19-20,23,30H,9-14,17-18,21H2,1-4H3,(H,43,48)(H,44,47)/t23?,30-/m1/s1. The Kier molecular flexibility index (Phi) is 9.93. The van der Waals surface area contributed by atoms with Crippen molar-refractivity contribution in [2.45, 2.75) is 75.9 Å². The summed E-state index contributed by atoms with van der Waals surface area (Å²) in [5.41, 5.74) is 2.34. The summed E-state index contributed by atoms with van der Waals surface area (Å²) in [5.74, 6) is -5.43. The van der Waals surface area contributed by atoms with Crippen molar-refractivity contribution in [3.8, 4) is 5.75 Å². The molecule has 6 rings (SSSR count). The van der Waals surface area contributed by atoms with Crippen LogP contribution in [0.3, 0.4) is 0 Å². The van der Waals surface area contributed by atoms with Crippen molar-refractivity contribution in [2.75, 3.05) is 43.1 Å². The average molecular weight is 711 g/mol. The third-order valence-corrected chi connectivity index (χ3v) is 9.98. The SMILES string of the molecule is CNC(=O)[C@@H](Cc1cc(F)c(F)c(F)c1)NC(=O)CC1CC2(CCN(c3ccc4c(c3)OCCN4C(=O)OC(C)(C)C)CC2)c2cc(F)ccc21. The first-order chi connectivity index (χ1) is 24.2. The molecule has 0 aromatic heterocycles. The summed E-state index contributed by atoms with van der Waals surface area (Å²) < 4.78 is 67.5. The van der Waals surface area contributed by atoms with E-state index in [1.54, 1.807) is 17.0 Å². The largest absolute Gasteiger partial charge is 0.489 e. The van der Waals surface area contributed by atoms with Crippen molar-refractivity contribution in [3.05, 3.63) is 88.5 Å². The minimum absolute atomic E-state index is 0.0126. The van der Waals surface area contributed by atoms with Crippen molar-refractivity contribution in [3.63, 3.8) is 0 Å². The van der Waals surface area contributed by atoms with E-state index in [0.29, 0.717) is 56.9 Å². The third kappa shape index (κ3) is 7.62. The van der Waals surface area contributed by atoms with Gasteiger partial charge in [0.1, 0.15) is 29.8 Å². The number of piperidine rings is 1. The summed E-state index contributed by atoms with van der Waals surface area (Å²) in [7, 11) is 1.38. The lowest BCUT2D eigenvalue weighted by Crippen LogP contribution is -2.47. The maximum atomic E-state index is 14.7. The van der Waals surface area contributed by atoms with Crippen LogP contribution >= 0.6 is 0 Å². The highest BCUT2D eigenvalue weighted by Crippen LogP contribution is 2.53. The predicted octanol–water partition coefficient (Wildman–Crippen LogP) is 6.27. The first-order valence-electron chi connectivity index (χ1n) is 17.1. The lowest BCUT2D eigenvalue weighted by atomic mass is 9.73. The fourth-order valence-corrected chi connectivity index (χ4v) is 7.62. The van der Waals surface area contributed by atoms with E-state index in [1.165, 1.54) is 13.1 Å². The van der Waals surface area contributed by atoms with Crippen LogP contribution in [0.5, 0.6) is 5.75 Å². The molecule has 3 aliphatic rings. The van der Waals surface area contributed by atoms with Gasteiger partial charge in [0.2, 0.25) is 11.8 Å². The molecule has 1 unspecified atom stereocenters. The highest BCUT2D eigenvalue weighted by molar-refractivity contribution is 5.91. The molecule has 9 nitrogen and oxygen atoms in total. The van der Waals surface area contributed by atoms with E-state index in [1.807, 2.05) is 39.0 Å². The topological polar surface area (TPSA) is 100 Å². The van der Waals surface area contributed by atoms with E-state index in [0.717, 1.165) is 28.9 Å². The van der Waals surface area contributed by atoms with Gasteiger partial charge in [-0.1, -0.05) is 6.07 Å². The lowest BCUT2D eigenvalue weighted by molar-refractivity contribution is -0.128. The molecule has 1 fully saturated rings. The maximum Gasteiger partial charge on any atom is 0.415 e. The first kappa shape index (κ1) is 36.0. The van der Waals surface area contributed by atoms with Crippen molar-refractivity contribution in [1.29, 1.82) is 0 Å². The molecule has 0 radical (unpaired) electrons. The quantitative estimate of drug-likeness (QED) is 0.222. The summed E-state index contributed by atoms with van der Waals surface area (Å²) >= 11 is 0. The maximum absolute atomic E-state index is 14.7. The van der Waals surface area contributed by atoms with Crippen molar-refractivity contribution in [1.82, 2.24) is 10.6 Å². The molecule has 51 heavy (non-hydrogen) atoms. The Morgan fingerprint density at radius 2 is 1.69 bits per heavy atom. The molecule has 0 bridgehead atoms. The molecule has 2 N–H and O–H groups in total. The Morgan fingerprint density at radius 1 is 0.980 bits per heavy atom. The normalized spacial score (nSPS) is 18.4. The second-order valence-electron chi connectivity index (χ2n) is 14.5. The molecular formula is C38H42F4N4O5. The highest BCUT2D eigenvalue weighted by atomic mass is 19.2. The molecule has 2 atom stereocenters. The van der Waals surface area contributed by atoms with Gasteiger partial charge in [0, 0.05) is 44.7 Å². The molecule has 2 aliphatic heterocycles. The summed E-state index contributed by atoms with van der Waals surface area (Å²) in [6.45, 7) is 7.50. The Morgan fingerprint density at radius 3 is 2.35 bits per heavy atom. The third-order valence-electron chi connectivity index (χ3n) is 9.98. The predicted molar refractivity (Wildman–Crippen MR) is 183 cm³/mol. The number of nitrogens with zero attached hydrogens (tertiary/aromatic N) is 2. The monoisotopic (exact) mass is 710 g/mol. The average Bonchev–Trinajstić information content (AvgIpc) is 3.36.